The van der Waals surface area contributed by atoms with E-state index in [9.17, 15) is 18.0 Å². The van der Waals surface area contributed by atoms with Crippen molar-refractivity contribution in [2.24, 2.45) is 5.92 Å². The summed E-state index contributed by atoms with van der Waals surface area (Å²) in [5.74, 6) is -0.0742. The number of hydrogen-bond donors (Lipinski definition) is 1. The van der Waals surface area contributed by atoms with E-state index in [0.29, 0.717) is 25.4 Å². The number of hydrogen-bond acceptors (Lipinski definition) is 4. The van der Waals surface area contributed by atoms with Crippen molar-refractivity contribution in [2.45, 2.75) is 51.1 Å². The lowest BCUT2D eigenvalue weighted by atomic mass is 10.1. The Bertz CT molecular complexity index is 995. The summed E-state index contributed by atoms with van der Waals surface area (Å²) < 4.78 is 26.6. The Hall–Kier alpha value is -2.71. The molecule has 1 atom stereocenters. The highest BCUT2D eigenvalue weighted by Crippen LogP contribution is 2.16. The summed E-state index contributed by atoms with van der Waals surface area (Å²) in [6.45, 7) is 6.81. The molecule has 2 rings (SSSR count). The van der Waals surface area contributed by atoms with Crippen molar-refractivity contribution >= 4 is 21.8 Å². The molecule has 0 aliphatic rings. The second-order valence-corrected chi connectivity index (χ2v) is 10.6. The normalized spacial score (nSPS) is 12.5. The predicted molar refractivity (Wildman–Crippen MR) is 130 cm³/mol. The topological polar surface area (TPSA) is 86.8 Å². The molecule has 2 amide bonds. The van der Waals surface area contributed by atoms with Crippen LogP contribution in [0.3, 0.4) is 0 Å². The van der Waals surface area contributed by atoms with Crippen molar-refractivity contribution in [1.82, 2.24) is 14.5 Å². The van der Waals surface area contributed by atoms with Gasteiger partial charge in [0.1, 0.15) is 6.04 Å². The van der Waals surface area contributed by atoms with Gasteiger partial charge < -0.3 is 10.2 Å². The van der Waals surface area contributed by atoms with Crippen molar-refractivity contribution in [3.05, 3.63) is 66.2 Å². The second-order valence-electron chi connectivity index (χ2n) is 8.57. The molecule has 0 aliphatic carbocycles. The monoisotopic (exact) mass is 473 g/mol. The number of carbonyl (C=O) groups is 2. The van der Waals surface area contributed by atoms with Crippen LogP contribution in [0, 0.1) is 5.92 Å². The minimum absolute atomic E-state index is 0.142. The maximum Gasteiger partial charge on any atom is 0.242 e. The van der Waals surface area contributed by atoms with E-state index in [0.717, 1.165) is 5.56 Å². The number of rotatable bonds is 12. The minimum Gasteiger partial charge on any atom is -0.354 e. The fraction of sp³-hybridized carbons (Fsp3) is 0.440. The van der Waals surface area contributed by atoms with E-state index >= 15 is 0 Å². The first-order valence-electron chi connectivity index (χ1n) is 11.3. The van der Waals surface area contributed by atoms with Gasteiger partial charge in [0.05, 0.1) is 4.90 Å². The van der Waals surface area contributed by atoms with E-state index in [-0.39, 0.29) is 29.7 Å². The molecule has 1 N–H and O–H groups in total. The molecule has 33 heavy (non-hydrogen) atoms. The van der Waals surface area contributed by atoms with Gasteiger partial charge in [-0.05, 0) is 37.0 Å². The zero-order chi connectivity index (χ0) is 24.4. The Morgan fingerprint density at radius 2 is 1.52 bits per heavy atom. The summed E-state index contributed by atoms with van der Waals surface area (Å²) in [6.07, 6.45) is 0.496. The number of amides is 2. The third-order valence-electron chi connectivity index (χ3n) is 5.36. The first-order valence-corrected chi connectivity index (χ1v) is 12.7. The molecule has 0 saturated carbocycles. The maximum atomic E-state index is 13.1. The first kappa shape index (κ1) is 26.5. The van der Waals surface area contributed by atoms with Crippen molar-refractivity contribution in [3.63, 3.8) is 0 Å². The molecule has 0 radical (unpaired) electrons. The molecule has 8 heteroatoms. The molecule has 0 unspecified atom stereocenters. The molecule has 0 aliphatic heterocycles. The number of nitrogens with zero attached hydrogens (tertiary/aromatic N) is 2. The zero-order valence-corrected chi connectivity index (χ0v) is 20.7. The lowest BCUT2D eigenvalue weighted by Gasteiger charge is -2.29. The van der Waals surface area contributed by atoms with Crippen molar-refractivity contribution in [2.75, 3.05) is 20.1 Å². The molecule has 0 bridgehead atoms. The molecule has 0 saturated heterocycles. The number of benzene rings is 2. The van der Waals surface area contributed by atoms with E-state index in [1.54, 1.807) is 42.2 Å². The van der Waals surface area contributed by atoms with Gasteiger partial charge in [-0.15, -0.1) is 0 Å². The fourth-order valence-electron chi connectivity index (χ4n) is 3.30. The van der Waals surface area contributed by atoms with Crippen LogP contribution in [-0.2, 0) is 26.2 Å². The number of sulfonamides is 1. The van der Waals surface area contributed by atoms with Crippen LogP contribution in [0.2, 0.25) is 0 Å². The van der Waals surface area contributed by atoms with Gasteiger partial charge in [-0.1, -0.05) is 62.4 Å². The summed E-state index contributed by atoms with van der Waals surface area (Å²) in [5, 5.41) is 2.90. The quantitative estimate of drug-likeness (QED) is 0.513. The van der Waals surface area contributed by atoms with Crippen molar-refractivity contribution in [1.29, 1.82) is 0 Å². The molecule has 7 nitrogen and oxygen atoms in total. The van der Waals surface area contributed by atoms with Gasteiger partial charge >= 0.3 is 0 Å². The molecule has 180 valence electrons. The molecule has 0 spiro atoms. The SMILES string of the molecule is CC(C)CNC(=O)[C@H](C)N(Cc1ccccc1)C(=O)CCCN(C)S(=O)(=O)c1ccccc1. The summed E-state index contributed by atoms with van der Waals surface area (Å²) >= 11 is 0. The summed E-state index contributed by atoms with van der Waals surface area (Å²) in [6, 6.07) is 17.1. The third-order valence-corrected chi connectivity index (χ3v) is 7.23. The van der Waals surface area contributed by atoms with Crippen LogP contribution in [-0.4, -0.2) is 55.6 Å². The van der Waals surface area contributed by atoms with Crippen LogP contribution >= 0.6 is 0 Å². The lowest BCUT2D eigenvalue weighted by Crippen LogP contribution is -2.48. The molecule has 0 aromatic heterocycles. The van der Waals surface area contributed by atoms with Gasteiger partial charge in [0.15, 0.2) is 0 Å². The third kappa shape index (κ3) is 7.98. The van der Waals surface area contributed by atoms with Crippen LogP contribution in [0.4, 0.5) is 0 Å². The molecule has 0 fully saturated rings. The van der Waals surface area contributed by atoms with Crippen LogP contribution in [0.15, 0.2) is 65.6 Å². The van der Waals surface area contributed by atoms with Gasteiger partial charge in [0.25, 0.3) is 0 Å². The highest BCUT2D eigenvalue weighted by Gasteiger charge is 2.26. The molecule has 2 aromatic rings. The average molecular weight is 474 g/mol. The van der Waals surface area contributed by atoms with Gasteiger partial charge in [-0.3, -0.25) is 9.59 Å². The maximum absolute atomic E-state index is 13.1. The standard InChI is InChI=1S/C25H35N3O4S/c1-20(2)18-26-25(30)21(3)28(19-22-12-7-5-8-13-22)24(29)16-11-17-27(4)33(31,32)23-14-9-6-10-15-23/h5-10,12-15,20-21H,11,16-19H2,1-4H3,(H,26,30)/t21-/m0/s1. The van der Waals surface area contributed by atoms with Gasteiger partial charge in [0, 0.05) is 33.1 Å². The van der Waals surface area contributed by atoms with Crippen molar-refractivity contribution < 1.29 is 18.0 Å². The van der Waals surface area contributed by atoms with E-state index < -0.39 is 16.1 Å². The molecule has 0 heterocycles. The summed E-state index contributed by atoms with van der Waals surface area (Å²) in [7, 11) is -2.10. The van der Waals surface area contributed by atoms with Crippen LogP contribution in [0.1, 0.15) is 39.2 Å². The van der Waals surface area contributed by atoms with E-state index in [2.05, 4.69) is 5.32 Å². The summed E-state index contributed by atoms with van der Waals surface area (Å²) in [5.41, 5.74) is 0.929. The van der Waals surface area contributed by atoms with Crippen molar-refractivity contribution in [3.8, 4) is 0 Å². The molecular weight excluding hydrogens is 438 g/mol. The Morgan fingerprint density at radius 3 is 2.09 bits per heavy atom. The van der Waals surface area contributed by atoms with Crippen LogP contribution in [0.25, 0.3) is 0 Å². The Morgan fingerprint density at radius 1 is 0.939 bits per heavy atom. The van der Waals surface area contributed by atoms with E-state index in [1.165, 1.54) is 11.4 Å². The van der Waals surface area contributed by atoms with Gasteiger partial charge in [0.2, 0.25) is 21.8 Å². The Labute approximate surface area is 197 Å². The highest BCUT2D eigenvalue weighted by molar-refractivity contribution is 7.89. The van der Waals surface area contributed by atoms with Gasteiger partial charge in [-0.2, -0.15) is 0 Å². The second kappa shape index (κ2) is 12.5. The fourth-order valence-corrected chi connectivity index (χ4v) is 4.53. The predicted octanol–water partition coefficient (Wildman–Crippen LogP) is 3.28. The van der Waals surface area contributed by atoms with Crippen LogP contribution in [0.5, 0.6) is 0 Å². The molecule has 2 aromatic carbocycles. The number of carbonyl (C=O) groups excluding carboxylic acids is 2. The number of nitrogens with one attached hydrogen (secondary N) is 1. The van der Waals surface area contributed by atoms with Crippen LogP contribution < -0.4 is 5.32 Å². The highest BCUT2D eigenvalue weighted by atomic mass is 32.2. The molecular formula is C25H35N3O4S. The average Bonchev–Trinajstić information content (AvgIpc) is 2.81. The zero-order valence-electron chi connectivity index (χ0n) is 19.9. The smallest absolute Gasteiger partial charge is 0.242 e. The minimum atomic E-state index is -3.61. The first-order chi connectivity index (χ1) is 15.6. The summed E-state index contributed by atoms with van der Waals surface area (Å²) in [4.78, 5) is 27.6. The lowest BCUT2D eigenvalue weighted by molar-refractivity contribution is -0.140. The van der Waals surface area contributed by atoms with E-state index in [1.807, 2.05) is 44.2 Å². The van der Waals surface area contributed by atoms with E-state index in [4.69, 9.17) is 0 Å². The Balaban J connectivity index is 2.04. The Kier molecular flexibility index (Phi) is 10.1. The van der Waals surface area contributed by atoms with Gasteiger partial charge in [-0.25, -0.2) is 12.7 Å². The largest absolute Gasteiger partial charge is 0.354 e.